The van der Waals surface area contributed by atoms with Gasteiger partial charge in [0.2, 0.25) is 0 Å². The minimum Gasteiger partial charge on any atom is -0.502 e. The molecule has 0 amide bonds. The van der Waals surface area contributed by atoms with E-state index in [1.165, 1.54) is 6.92 Å². The topological polar surface area (TPSA) is 107 Å². The first-order chi connectivity index (χ1) is 6.43. The maximum Gasteiger partial charge on any atom is 0.317 e. The molecule has 7 nitrogen and oxygen atoms in total. The molecule has 0 aliphatic carbocycles. The summed E-state index contributed by atoms with van der Waals surface area (Å²) in [5.74, 6) is -0.541. The first-order valence-electron chi connectivity index (χ1n) is 3.56. The summed E-state index contributed by atoms with van der Waals surface area (Å²) in [6, 6.07) is 1.80. The molecule has 4 radical (unpaired) electrons. The van der Waals surface area contributed by atoms with E-state index < -0.39 is 27.0 Å². The Balaban J connectivity index is 0.00000196. The van der Waals surface area contributed by atoms with E-state index in [9.17, 15) is 25.3 Å². The van der Waals surface area contributed by atoms with E-state index >= 15 is 0 Å². The van der Waals surface area contributed by atoms with Gasteiger partial charge in [-0.1, -0.05) is 0 Å². The molecule has 1 aromatic rings. The van der Waals surface area contributed by atoms with Gasteiger partial charge in [-0.15, -0.1) is 0 Å². The zero-order chi connectivity index (χ0) is 10.9. The Labute approximate surface area is 104 Å². The summed E-state index contributed by atoms with van der Waals surface area (Å²) in [6.07, 6.45) is 0. The van der Waals surface area contributed by atoms with Crippen LogP contribution in [0.3, 0.4) is 0 Å². The number of nitrogens with zero attached hydrogens (tertiary/aromatic N) is 2. The quantitative estimate of drug-likeness (QED) is 0.451. The summed E-state index contributed by atoms with van der Waals surface area (Å²) >= 11 is 0. The molecule has 0 unspecified atom stereocenters. The number of phenols is 1. The van der Waals surface area contributed by atoms with Crippen LogP contribution in [0.25, 0.3) is 0 Å². The van der Waals surface area contributed by atoms with E-state index in [0.717, 1.165) is 12.1 Å². The Hall–Kier alpha value is -1.26. The molecule has 0 aliphatic heterocycles. The number of hydrogen-bond acceptors (Lipinski definition) is 5. The number of hydrogen-bond donors (Lipinski definition) is 1. The summed E-state index contributed by atoms with van der Waals surface area (Å²) in [4.78, 5) is 19.1. The van der Waals surface area contributed by atoms with Crippen molar-refractivity contribution in [2.24, 2.45) is 0 Å². The summed E-state index contributed by atoms with van der Waals surface area (Å²) in [5, 5.41) is 29.9. The molecule has 1 rings (SSSR count). The van der Waals surface area contributed by atoms with Crippen LogP contribution in [0.4, 0.5) is 11.4 Å². The summed E-state index contributed by atoms with van der Waals surface area (Å²) < 4.78 is 0. The fourth-order valence-corrected chi connectivity index (χ4v) is 0.987. The third-order valence-electron chi connectivity index (χ3n) is 1.67. The average Bonchev–Trinajstić information content (AvgIpc) is 2.08. The van der Waals surface area contributed by atoms with Gasteiger partial charge in [-0.25, -0.2) is 0 Å². The van der Waals surface area contributed by atoms with Gasteiger partial charge in [0.05, 0.1) is 15.9 Å². The molecule has 0 saturated heterocycles. The molecule has 8 heteroatoms. The van der Waals surface area contributed by atoms with Crippen LogP contribution in [-0.2, 0) is 0 Å². The Morgan fingerprint density at radius 2 is 1.73 bits per heavy atom. The van der Waals surface area contributed by atoms with Crippen molar-refractivity contribution in [3.05, 3.63) is 37.9 Å². The fourth-order valence-electron chi connectivity index (χ4n) is 0.987. The summed E-state index contributed by atoms with van der Waals surface area (Å²) in [6.45, 7) is 1.36. The van der Waals surface area contributed by atoms with Gasteiger partial charge >= 0.3 is 5.69 Å². The Morgan fingerprint density at radius 1 is 1.20 bits per heavy atom. The second-order valence-corrected chi connectivity index (χ2v) is 2.64. The van der Waals surface area contributed by atoms with Crippen LogP contribution in [-0.4, -0.2) is 42.3 Å². The smallest absolute Gasteiger partial charge is 0.317 e. The van der Waals surface area contributed by atoms with Gasteiger partial charge in [0.1, 0.15) is 0 Å². The minimum atomic E-state index is -0.866. The molecule has 0 heterocycles. The molecule has 0 fully saturated rings. The number of aromatic hydroxyl groups is 1. The van der Waals surface area contributed by atoms with E-state index in [4.69, 9.17) is 0 Å². The van der Waals surface area contributed by atoms with Crippen molar-refractivity contribution in [3.8, 4) is 5.75 Å². The molecule has 0 atom stereocenters. The molecular weight excluding hydrogens is 399 g/mol. The second-order valence-electron chi connectivity index (χ2n) is 2.64. The average molecular weight is 405 g/mol. The van der Waals surface area contributed by atoms with Crippen molar-refractivity contribution < 1.29 is 15.0 Å². The van der Waals surface area contributed by atoms with Gasteiger partial charge in [0, 0.05) is 38.9 Å². The number of nitro benzene ring substituents is 2. The maximum absolute atomic E-state index is 10.4. The van der Waals surface area contributed by atoms with Crippen LogP contribution in [0, 0.1) is 27.2 Å². The Morgan fingerprint density at radius 3 is 2.13 bits per heavy atom. The number of benzene rings is 1. The zero-order valence-electron chi connectivity index (χ0n) is 7.63. The number of non-ortho nitro benzene ring substituents is 1. The van der Waals surface area contributed by atoms with Crippen molar-refractivity contribution >= 4 is 38.7 Å². The van der Waals surface area contributed by atoms with Crippen LogP contribution < -0.4 is 0 Å². The number of aryl methyl sites for hydroxylation is 1. The van der Waals surface area contributed by atoms with Gasteiger partial charge in [-0.2, -0.15) is 0 Å². The first kappa shape index (κ1) is 13.7. The fraction of sp³-hybridized carbons (Fsp3) is 0.143. The van der Waals surface area contributed by atoms with Gasteiger partial charge in [0.15, 0.2) is 5.75 Å². The van der Waals surface area contributed by atoms with Crippen LogP contribution in [0.1, 0.15) is 5.56 Å². The molecule has 78 valence electrons. The van der Waals surface area contributed by atoms with E-state index in [1.807, 2.05) is 0 Å². The second kappa shape index (κ2) is 5.00. The van der Waals surface area contributed by atoms with Crippen molar-refractivity contribution in [3.63, 3.8) is 0 Å². The SMILES string of the molecule is Cc1cc([N+](=O)[O-])cc([N+](=O)[O-])c1O.[Pb]. The molecular formula is C7H6N2O5Pb. The molecule has 15 heavy (non-hydrogen) atoms. The standard InChI is InChI=1S/C7H6N2O5.Pb/c1-4-2-5(8(11)12)3-6(7(4)10)9(13)14;/h2-3,10H,1H3;. The van der Waals surface area contributed by atoms with Crippen LogP contribution >= 0.6 is 0 Å². The maximum atomic E-state index is 10.4. The molecule has 0 bridgehead atoms. The van der Waals surface area contributed by atoms with Crippen molar-refractivity contribution in [2.45, 2.75) is 6.92 Å². The molecule has 0 saturated carbocycles. The number of nitro groups is 2. The van der Waals surface area contributed by atoms with E-state index in [2.05, 4.69) is 0 Å². The predicted molar refractivity (Wildman–Crippen MR) is 51.9 cm³/mol. The third-order valence-corrected chi connectivity index (χ3v) is 1.67. The van der Waals surface area contributed by atoms with Gasteiger partial charge in [0.25, 0.3) is 5.69 Å². The van der Waals surface area contributed by atoms with E-state index in [-0.39, 0.29) is 32.9 Å². The molecule has 0 spiro atoms. The van der Waals surface area contributed by atoms with E-state index in [0.29, 0.717) is 0 Å². The monoisotopic (exact) mass is 406 g/mol. The Kier molecular flexibility index (Phi) is 4.58. The normalized spacial score (nSPS) is 9.13. The van der Waals surface area contributed by atoms with Gasteiger partial charge < -0.3 is 5.11 Å². The van der Waals surface area contributed by atoms with Crippen molar-refractivity contribution in [1.82, 2.24) is 0 Å². The zero-order valence-corrected chi connectivity index (χ0v) is 11.5. The molecule has 0 aromatic heterocycles. The number of phenolic OH excluding ortho intramolecular Hbond substituents is 1. The van der Waals surface area contributed by atoms with Crippen LogP contribution in [0.2, 0.25) is 0 Å². The van der Waals surface area contributed by atoms with Gasteiger partial charge in [-0.05, 0) is 6.92 Å². The molecule has 1 aromatic carbocycles. The molecule has 0 aliphatic rings. The van der Waals surface area contributed by atoms with Crippen LogP contribution in [0.15, 0.2) is 12.1 Å². The summed E-state index contributed by atoms with van der Waals surface area (Å²) in [7, 11) is 0. The van der Waals surface area contributed by atoms with Gasteiger partial charge in [-0.3, -0.25) is 20.2 Å². The molecule has 1 N–H and O–H groups in total. The minimum absolute atomic E-state index is 0. The first-order valence-corrected chi connectivity index (χ1v) is 3.56. The number of rotatable bonds is 2. The van der Waals surface area contributed by atoms with Crippen molar-refractivity contribution in [1.29, 1.82) is 0 Å². The largest absolute Gasteiger partial charge is 0.502 e. The third kappa shape index (κ3) is 2.84. The van der Waals surface area contributed by atoms with Crippen LogP contribution in [0.5, 0.6) is 5.75 Å². The van der Waals surface area contributed by atoms with E-state index in [1.54, 1.807) is 0 Å². The predicted octanol–water partition coefficient (Wildman–Crippen LogP) is 1.14. The Bertz CT molecular complexity index is 420. The van der Waals surface area contributed by atoms with Crippen molar-refractivity contribution in [2.75, 3.05) is 0 Å². The summed E-state index contributed by atoms with van der Waals surface area (Å²) in [5.41, 5.74) is -0.963.